The monoisotopic (exact) mass is 443 g/mol. The predicted molar refractivity (Wildman–Crippen MR) is 119 cm³/mol. The standard InChI is InChI=1S/C21H22ClN5O2S/c1-13-6-4-7-15(10-13)20(29)23-11-18-25-26-21(27(18)3)30-12-19(28)24-17-9-5-8-16(22)14(17)2/h4-10H,11-12H2,1-3H3,(H,23,29)(H,24,28). The summed E-state index contributed by atoms with van der Waals surface area (Å²) < 4.78 is 1.76. The van der Waals surface area contributed by atoms with Crippen molar-refractivity contribution in [3.8, 4) is 0 Å². The SMILES string of the molecule is Cc1cccc(C(=O)NCc2nnc(SCC(=O)Nc3cccc(Cl)c3C)n2C)c1. The molecule has 2 N–H and O–H groups in total. The second-order valence-corrected chi connectivity index (χ2v) is 8.11. The Morgan fingerprint density at radius 2 is 1.90 bits per heavy atom. The van der Waals surface area contributed by atoms with Crippen LogP contribution in [0, 0.1) is 13.8 Å². The lowest BCUT2D eigenvalue weighted by Gasteiger charge is -2.09. The zero-order chi connectivity index (χ0) is 21.7. The quantitative estimate of drug-likeness (QED) is 0.543. The smallest absolute Gasteiger partial charge is 0.251 e. The fourth-order valence-electron chi connectivity index (χ4n) is 2.73. The Morgan fingerprint density at radius 1 is 1.13 bits per heavy atom. The van der Waals surface area contributed by atoms with Gasteiger partial charge in [-0.3, -0.25) is 9.59 Å². The zero-order valence-electron chi connectivity index (χ0n) is 16.9. The molecule has 2 amide bonds. The number of nitrogens with one attached hydrogen (secondary N) is 2. The number of carbonyl (C=O) groups is 2. The summed E-state index contributed by atoms with van der Waals surface area (Å²) in [7, 11) is 1.80. The number of hydrogen-bond donors (Lipinski definition) is 2. The number of carbonyl (C=O) groups excluding carboxylic acids is 2. The van der Waals surface area contributed by atoms with Crippen LogP contribution in [0.25, 0.3) is 0 Å². The van der Waals surface area contributed by atoms with Gasteiger partial charge in [-0.1, -0.05) is 47.1 Å². The fraction of sp³-hybridized carbons (Fsp3) is 0.238. The number of anilines is 1. The Kier molecular flexibility index (Phi) is 7.12. The average Bonchev–Trinajstić information content (AvgIpc) is 3.07. The van der Waals surface area contributed by atoms with E-state index in [1.165, 1.54) is 11.8 Å². The first-order valence-electron chi connectivity index (χ1n) is 9.26. The summed E-state index contributed by atoms with van der Waals surface area (Å²) in [4.78, 5) is 24.6. The van der Waals surface area contributed by atoms with Crippen LogP contribution in [0.5, 0.6) is 0 Å². The molecule has 0 unspecified atom stereocenters. The third-order valence-electron chi connectivity index (χ3n) is 4.49. The van der Waals surface area contributed by atoms with Gasteiger partial charge in [0.15, 0.2) is 11.0 Å². The number of aromatic nitrogens is 3. The first-order valence-corrected chi connectivity index (χ1v) is 10.6. The summed E-state index contributed by atoms with van der Waals surface area (Å²) in [5, 5.41) is 15.1. The van der Waals surface area contributed by atoms with Crippen LogP contribution in [0.3, 0.4) is 0 Å². The van der Waals surface area contributed by atoms with E-state index < -0.39 is 0 Å². The molecule has 30 heavy (non-hydrogen) atoms. The van der Waals surface area contributed by atoms with E-state index in [9.17, 15) is 9.59 Å². The summed E-state index contributed by atoms with van der Waals surface area (Å²) in [5.74, 6) is 0.438. The Balaban J connectivity index is 1.54. The molecule has 3 rings (SSSR count). The van der Waals surface area contributed by atoms with Crippen molar-refractivity contribution in [3.63, 3.8) is 0 Å². The second kappa shape index (κ2) is 9.77. The molecule has 0 aliphatic heterocycles. The van der Waals surface area contributed by atoms with Gasteiger partial charge >= 0.3 is 0 Å². The predicted octanol–water partition coefficient (Wildman–Crippen LogP) is 3.75. The maximum absolute atomic E-state index is 12.3. The number of amides is 2. The normalized spacial score (nSPS) is 10.7. The Bertz CT molecular complexity index is 1080. The highest BCUT2D eigenvalue weighted by Gasteiger charge is 2.14. The van der Waals surface area contributed by atoms with Crippen molar-refractivity contribution in [2.75, 3.05) is 11.1 Å². The first-order chi connectivity index (χ1) is 14.3. The van der Waals surface area contributed by atoms with Gasteiger partial charge in [-0.25, -0.2) is 0 Å². The van der Waals surface area contributed by atoms with Crippen LogP contribution in [0.1, 0.15) is 27.3 Å². The van der Waals surface area contributed by atoms with E-state index in [-0.39, 0.29) is 24.1 Å². The molecule has 0 fully saturated rings. The summed E-state index contributed by atoms with van der Waals surface area (Å²) >= 11 is 7.35. The van der Waals surface area contributed by atoms with Gasteiger partial charge in [0.1, 0.15) is 0 Å². The third kappa shape index (κ3) is 5.40. The molecular formula is C21H22ClN5O2S. The molecule has 2 aromatic carbocycles. The minimum Gasteiger partial charge on any atom is -0.345 e. The van der Waals surface area contributed by atoms with Crippen LogP contribution in [-0.4, -0.2) is 32.3 Å². The molecule has 1 aromatic heterocycles. The molecule has 0 aliphatic rings. The van der Waals surface area contributed by atoms with Crippen molar-refractivity contribution in [2.24, 2.45) is 7.05 Å². The van der Waals surface area contributed by atoms with Crippen LogP contribution in [-0.2, 0) is 18.4 Å². The van der Waals surface area contributed by atoms with Gasteiger partial charge in [0, 0.05) is 23.3 Å². The maximum Gasteiger partial charge on any atom is 0.251 e. The number of halogens is 1. The van der Waals surface area contributed by atoms with Crippen LogP contribution in [0.15, 0.2) is 47.6 Å². The Labute approximate surface area is 184 Å². The zero-order valence-corrected chi connectivity index (χ0v) is 18.5. The van der Waals surface area contributed by atoms with Gasteiger partial charge < -0.3 is 15.2 Å². The minimum absolute atomic E-state index is 0.164. The average molecular weight is 444 g/mol. The molecule has 3 aromatic rings. The molecule has 9 heteroatoms. The summed E-state index contributed by atoms with van der Waals surface area (Å²) in [6.45, 7) is 4.03. The number of benzene rings is 2. The molecule has 156 valence electrons. The van der Waals surface area contributed by atoms with Crippen molar-refractivity contribution >= 4 is 40.9 Å². The molecule has 0 radical (unpaired) electrons. The summed E-state index contributed by atoms with van der Waals surface area (Å²) in [5.41, 5.74) is 3.12. The van der Waals surface area contributed by atoms with Crippen molar-refractivity contribution in [1.29, 1.82) is 0 Å². The fourth-order valence-corrected chi connectivity index (χ4v) is 3.64. The Hall–Kier alpha value is -2.84. The maximum atomic E-state index is 12.3. The van der Waals surface area contributed by atoms with Crippen molar-refractivity contribution < 1.29 is 9.59 Å². The van der Waals surface area contributed by atoms with Gasteiger partial charge in [-0.2, -0.15) is 0 Å². The Morgan fingerprint density at radius 3 is 2.67 bits per heavy atom. The highest BCUT2D eigenvalue weighted by molar-refractivity contribution is 7.99. The van der Waals surface area contributed by atoms with E-state index >= 15 is 0 Å². The van der Waals surface area contributed by atoms with Crippen molar-refractivity contribution in [3.05, 3.63) is 70.0 Å². The van der Waals surface area contributed by atoms with Gasteiger partial charge in [0.2, 0.25) is 5.91 Å². The lowest BCUT2D eigenvalue weighted by Crippen LogP contribution is -2.24. The third-order valence-corrected chi connectivity index (χ3v) is 5.92. The highest BCUT2D eigenvalue weighted by Crippen LogP contribution is 2.23. The molecule has 0 bridgehead atoms. The van der Waals surface area contributed by atoms with E-state index in [4.69, 9.17) is 11.6 Å². The van der Waals surface area contributed by atoms with Crippen LogP contribution < -0.4 is 10.6 Å². The lowest BCUT2D eigenvalue weighted by molar-refractivity contribution is -0.113. The van der Waals surface area contributed by atoms with E-state index in [2.05, 4.69) is 20.8 Å². The number of rotatable bonds is 7. The van der Waals surface area contributed by atoms with Crippen LogP contribution in [0.2, 0.25) is 5.02 Å². The van der Waals surface area contributed by atoms with Gasteiger partial charge in [0.25, 0.3) is 5.91 Å². The molecule has 0 saturated heterocycles. The van der Waals surface area contributed by atoms with Gasteiger partial charge in [-0.05, 0) is 43.7 Å². The van der Waals surface area contributed by atoms with Crippen molar-refractivity contribution in [1.82, 2.24) is 20.1 Å². The van der Waals surface area contributed by atoms with E-state index in [1.807, 2.05) is 32.0 Å². The number of hydrogen-bond acceptors (Lipinski definition) is 5. The summed E-state index contributed by atoms with van der Waals surface area (Å²) in [6, 6.07) is 12.7. The highest BCUT2D eigenvalue weighted by atomic mass is 35.5. The minimum atomic E-state index is -0.174. The van der Waals surface area contributed by atoms with E-state index in [0.717, 1.165) is 11.1 Å². The summed E-state index contributed by atoms with van der Waals surface area (Å²) in [6.07, 6.45) is 0. The molecule has 0 saturated carbocycles. The number of nitrogens with zero attached hydrogens (tertiary/aromatic N) is 3. The number of aryl methyl sites for hydroxylation is 1. The molecule has 1 heterocycles. The molecule has 0 aliphatic carbocycles. The molecule has 7 nitrogen and oxygen atoms in total. The van der Waals surface area contributed by atoms with Crippen molar-refractivity contribution in [2.45, 2.75) is 25.5 Å². The number of thioether (sulfide) groups is 1. The van der Waals surface area contributed by atoms with Crippen LogP contribution >= 0.6 is 23.4 Å². The van der Waals surface area contributed by atoms with E-state index in [0.29, 0.717) is 27.3 Å². The molecular weight excluding hydrogens is 422 g/mol. The molecule has 0 spiro atoms. The topological polar surface area (TPSA) is 88.9 Å². The molecule has 0 atom stereocenters. The first kappa shape index (κ1) is 21.9. The van der Waals surface area contributed by atoms with E-state index in [1.54, 1.807) is 35.9 Å². The van der Waals surface area contributed by atoms with Gasteiger partial charge in [-0.15, -0.1) is 10.2 Å². The van der Waals surface area contributed by atoms with Gasteiger partial charge in [0.05, 0.1) is 12.3 Å². The van der Waals surface area contributed by atoms with Crippen LogP contribution in [0.4, 0.5) is 5.69 Å². The largest absolute Gasteiger partial charge is 0.345 e. The lowest BCUT2D eigenvalue weighted by atomic mass is 10.1. The second-order valence-electron chi connectivity index (χ2n) is 6.76.